The van der Waals surface area contributed by atoms with Gasteiger partial charge < -0.3 is 9.84 Å². The maximum Gasteiger partial charge on any atom is 0.160 e. The molecule has 0 atom stereocenters. The highest BCUT2D eigenvalue weighted by Crippen LogP contribution is 2.37. The van der Waals surface area contributed by atoms with Gasteiger partial charge in [-0.1, -0.05) is 23.4 Å². The Kier molecular flexibility index (Phi) is 8.22. The smallest absolute Gasteiger partial charge is 0.160 e. The molecule has 1 aliphatic heterocycles. The summed E-state index contributed by atoms with van der Waals surface area (Å²) in [5.41, 5.74) is 2.30. The van der Waals surface area contributed by atoms with E-state index < -0.39 is 11.6 Å². The molecular formula is C28H29ClF2N2O2. The molecule has 2 heterocycles. The highest BCUT2D eigenvalue weighted by molar-refractivity contribution is 6.32. The van der Waals surface area contributed by atoms with E-state index in [4.69, 9.17) is 16.3 Å². The maximum absolute atomic E-state index is 13.3. The molecule has 7 heteroatoms. The molecule has 0 spiro atoms. The molecule has 0 aliphatic carbocycles. The predicted octanol–water partition coefficient (Wildman–Crippen LogP) is 5.62. The van der Waals surface area contributed by atoms with Gasteiger partial charge in [-0.05, 0) is 92.6 Å². The van der Waals surface area contributed by atoms with Crippen molar-refractivity contribution in [3.63, 3.8) is 0 Å². The fourth-order valence-corrected chi connectivity index (χ4v) is 4.97. The number of fused-ring (bicyclic) bond motifs is 1. The first kappa shape index (κ1) is 25.4. The Morgan fingerprint density at radius 2 is 1.94 bits per heavy atom. The Morgan fingerprint density at radius 1 is 1.14 bits per heavy atom. The minimum Gasteiger partial charge on any atom is -0.497 e. The number of ether oxygens (including phenoxy) is 1. The van der Waals surface area contributed by atoms with Crippen molar-refractivity contribution in [2.45, 2.75) is 32.1 Å². The summed E-state index contributed by atoms with van der Waals surface area (Å²) in [5.74, 6) is 4.97. The Hall–Kier alpha value is -2.72. The molecule has 2 aromatic carbocycles. The van der Waals surface area contributed by atoms with E-state index in [0.717, 1.165) is 79.5 Å². The zero-order valence-electron chi connectivity index (χ0n) is 19.8. The number of methoxy groups -OCH3 is 1. The van der Waals surface area contributed by atoms with Gasteiger partial charge >= 0.3 is 0 Å². The number of likely N-dealkylation sites (tertiary alicyclic amines) is 1. The van der Waals surface area contributed by atoms with Gasteiger partial charge in [0.15, 0.2) is 11.6 Å². The number of halogens is 3. The van der Waals surface area contributed by atoms with Gasteiger partial charge in [0.2, 0.25) is 0 Å². The van der Waals surface area contributed by atoms with Crippen LogP contribution in [0.2, 0.25) is 5.02 Å². The van der Waals surface area contributed by atoms with Gasteiger partial charge in [0.25, 0.3) is 0 Å². The molecule has 1 aliphatic rings. The number of nitrogens with zero attached hydrogens (tertiary/aromatic N) is 2. The molecule has 0 saturated carbocycles. The zero-order valence-corrected chi connectivity index (χ0v) is 20.5. The number of rotatable bonds is 7. The molecule has 35 heavy (non-hydrogen) atoms. The van der Waals surface area contributed by atoms with Crippen molar-refractivity contribution >= 4 is 22.5 Å². The van der Waals surface area contributed by atoms with Crippen LogP contribution in [-0.4, -0.2) is 48.3 Å². The summed E-state index contributed by atoms with van der Waals surface area (Å²) in [7, 11) is 1.64. The highest BCUT2D eigenvalue weighted by atomic mass is 35.5. The topological polar surface area (TPSA) is 45.6 Å². The molecule has 3 aromatic rings. The third-order valence-corrected chi connectivity index (χ3v) is 7.30. The number of benzene rings is 2. The minimum absolute atomic E-state index is 0.114. The van der Waals surface area contributed by atoms with Crippen molar-refractivity contribution in [2.24, 2.45) is 5.41 Å². The molecule has 1 aromatic heterocycles. The van der Waals surface area contributed by atoms with Crippen LogP contribution in [-0.2, 0) is 6.42 Å². The number of aryl methyl sites for hydroxylation is 1. The number of piperidine rings is 1. The summed E-state index contributed by atoms with van der Waals surface area (Å²) in [6.07, 6.45) is 6.09. The van der Waals surface area contributed by atoms with Gasteiger partial charge in [-0.25, -0.2) is 8.78 Å². The first-order valence-corrected chi connectivity index (χ1v) is 12.2. The van der Waals surface area contributed by atoms with Gasteiger partial charge in [0.1, 0.15) is 5.75 Å². The first-order valence-electron chi connectivity index (χ1n) is 11.8. The average molecular weight is 499 g/mol. The molecule has 1 N–H and O–H groups in total. The van der Waals surface area contributed by atoms with E-state index in [1.165, 1.54) is 6.07 Å². The van der Waals surface area contributed by atoms with Crippen LogP contribution in [0.25, 0.3) is 10.9 Å². The normalized spacial score (nSPS) is 15.6. The van der Waals surface area contributed by atoms with Gasteiger partial charge in [-0.2, -0.15) is 0 Å². The summed E-state index contributed by atoms with van der Waals surface area (Å²) in [5, 5.41) is 11.9. The molecular weight excluding hydrogens is 470 g/mol. The van der Waals surface area contributed by atoms with Crippen LogP contribution in [0.4, 0.5) is 8.78 Å². The van der Waals surface area contributed by atoms with E-state index in [1.807, 2.05) is 18.2 Å². The third-order valence-electron chi connectivity index (χ3n) is 6.98. The number of aliphatic hydroxyl groups excluding tert-OH is 1. The van der Waals surface area contributed by atoms with Crippen LogP contribution >= 0.6 is 11.6 Å². The monoisotopic (exact) mass is 498 g/mol. The second kappa shape index (κ2) is 11.3. The van der Waals surface area contributed by atoms with Crippen molar-refractivity contribution in [3.05, 3.63) is 70.4 Å². The molecule has 1 saturated heterocycles. The van der Waals surface area contributed by atoms with Crippen LogP contribution < -0.4 is 4.74 Å². The predicted molar refractivity (Wildman–Crippen MR) is 135 cm³/mol. The Morgan fingerprint density at radius 3 is 2.66 bits per heavy atom. The van der Waals surface area contributed by atoms with Gasteiger partial charge in [0, 0.05) is 23.8 Å². The van der Waals surface area contributed by atoms with Crippen molar-refractivity contribution in [1.29, 1.82) is 0 Å². The lowest BCUT2D eigenvalue weighted by Crippen LogP contribution is -2.42. The van der Waals surface area contributed by atoms with Crippen LogP contribution in [0.5, 0.6) is 5.75 Å². The highest BCUT2D eigenvalue weighted by Gasteiger charge is 2.33. The summed E-state index contributed by atoms with van der Waals surface area (Å²) >= 11 is 6.51. The number of hydrogen-bond acceptors (Lipinski definition) is 4. The van der Waals surface area contributed by atoms with E-state index in [-0.39, 0.29) is 12.0 Å². The number of aromatic nitrogens is 1. The first-order chi connectivity index (χ1) is 16.9. The fourth-order valence-electron chi connectivity index (χ4n) is 4.72. The van der Waals surface area contributed by atoms with Gasteiger partial charge in [0.05, 0.1) is 24.2 Å². The quantitative estimate of drug-likeness (QED) is 0.429. The van der Waals surface area contributed by atoms with Crippen molar-refractivity contribution in [1.82, 2.24) is 9.88 Å². The molecule has 0 unspecified atom stereocenters. The molecule has 0 bridgehead atoms. The largest absolute Gasteiger partial charge is 0.497 e. The molecule has 4 rings (SSSR count). The van der Waals surface area contributed by atoms with E-state index >= 15 is 0 Å². The third kappa shape index (κ3) is 6.10. The van der Waals surface area contributed by atoms with Gasteiger partial charge in [-0.15, -0.1) is 0 Å². The SMILES string of the molecule is COc1ccc2ncc(Cl)c(CCCC3(CO)CCN(CC#Cc4ccc(F)c(F)c4)CC3)c2c1. The second-order valence-corrected chi connectivity index (χ2v) is 9.59. The molecule has 0 radical (unpaired) electrons. The number of hydrogen-bond donors (Lipinski definition) is 1. The van der Waals surface area contributed by atoms with Crippen molar-refractivity contribution < 1.29 is 18.6 Å². The number of pyridine rings is 1. The van der Waals surface area contributed by atoms with Crippen molar-refractivity contribution in [3.8, 4) is 17.6 Å². The summed E-state index contributed by atoms with van der Waals surface area (Å²) < 4.78 is 31.8. The summed E-state index contributed by atoms with van der Waals surface area (Å²) in [4.78, 5) is 6.66. The zero-order chi connectivity index (χ0) is 24.8. The second-order valence-electron chi connectivity index (χ2n) is 9.19. The standard InChI is InChI=1S/C28H29ClF2N2O2/c1-35-21-7-9-27-23(17-21)22(24(29)18-32-27)5-2-10-28(19-34)11-14-33(15-12-28)13-3-4-20-6-8-25(30)26(31)16-20/h6-9,16-18,34H,2,5,10-15,19H2,1H3. The van der Waals surface area contributed by atoms with Crippen LogP contribution in [0.15, 0.2) is 42.6 Å². The lowest BCUT2D eigenvalue weighted by atomic mass is 9.75. The van der Waals surface area contributed by atoms with Crippen LogP contribution in [0.1, 0.15) is 36.8 Å². The Labute approximate surface area is 209 Å². The van der Waals surface area contributed by atoms with E-state index in [0.29, 0.717) is 17.1 Å². The minimum atomic E-state index is -0.886. The lowest BCUT2D eigenvalue weighted by molar-refractivity contribution is 0.0401. The summed E-state index contributed by atoms with van der Waals surface area (Å²) in [6.45, 7) is 2.38. The van der Waals surface area contributed by atoms with Crippen molar-refractivity contribution in [2.75, 3.05) is 33.4 Å². The molecule has 1 fully saturated rings. The summed E-state index contributed by atoms with van der Waals surface area (Å²) in [6, 6.07) is 9.49. The lowest BCUT2D eigenvalue weighted by Gasteiger charge is -2.40. The van der Waals surface area contributed by atoms with Crippen LogP contribution in [0, 0.1) is 28.9 Å². The Bertz CT molecular complexity index is 1250. The molecule has 4 nitrogen and oxygen atoms in total. The number of aliphatic hydroxyl groups is 1. The maximum atomic E-state index is 13.3. The van der Waals surface area contributed by atoms with E-state index in [1.54, 1.807) is 13.3 Å². The Balaban J connectivity index is 1.33. The molecule has 184 valence electrons. The molecule has 0 amide bonds. The van der Waals surface area contributed by atoms with E-state index in [9.17, 15) is 13.9 Å². The fraction of sp³-hybridized carbons (Fsp3) is 0.393. The van der Waals surface area contributed by atoms with E-state index in [2.05, 4.69) is 21.7 Å². The van der Waals surface area contributed by atoms with Gasteiger partial charge in [-0.3, -0.25) is 9.88 Å². The van der Waals surface area contributed by atoms with Crippen LogP contribution in [0.3, 0.4) is 0 Å². The average Bonchev–Trinajstić information content (AvgIpc) is 2.88.